The van der Waals surface area contributed by atoms with Gasteiger partial charge in [-0.3, -0.25) is 4.90 Å². The molecule has 3 nitrogen and oxygen atoms in total. The molecule has 2 rings (SSSR count). The maximum absolute atomic E-state index is 9.10. The third kappa shape index (κ3) is 4.59. The van der Waals surface area contributed by atoms with Crippen LogP contribution in [0.15, 0.2) is 48.5 Å². The molecule has 0 amide bonds. The summed E-state index contributed by atoms with van der Waals surface area (Å²) in [6, 6.07) is 16.6. The zero-order valence-corrected chi connectivity index (χ0v) is 12.8. The van der Waals surface area contributed by atoms with E-state index in [2.05, 4.69) is 36.9 Å². The van der Waals surface area contributed by atoms with Gasteiger partial charge < -0.3 is 10.8 Å². The maximum atomic E-state index is 9.10. The molecule has 0 spiro atoms. The van der Waals surface area contributed by atoms with Gasteiger partial charge >= 0.3 is 0 Å². The Bertz CT molecular complexity index is 564. The summed E-state index contributed by atoms with van der Waals surface area (Å²) in [5.41, 5.74) is 10.1. The monoisotopic (exact) mass is 284 g/mol. The molecule has 21 heavy (non-hydrogen) atoms. The van der Waals surface area contributed by atoms with E-state index in [-0.39, 0.29) is 6.61 Å². The number of rotatable bonds is 6. The van der Waals surface area contributed by atoms with Crippen molar-refractivity contribution in [1.82, 2.24) is 4.90 Å². The maximum Gasteiger partial charge on any atom is 0.0681 e. The van der Waals surface area contributed by atoms with Crippen molar-refractivity contribution in [3.05, 3.63) is 65.2 Å². The predicted molar refractivity (Wildman–Crippen MR) is 87.6 cm³/mol. The first-order valence-electron chi connectivity index (χ1n) is 7.35. The molecule has 0 saturated carbocycles. The van der Waals surface area contributed by atoms with Crippen LogP contribution in [0.3, 0.4) is 0 Å². The average Bonchev–Trinajstić information content (AvgIpc) is 2.47. The number of hydrogen-bond donors (Lipinski definition) is 2. The Kier molecular flexibility index (Phi) is 5.37. The lowest BCUT2D eigenvalue weighted by atomic mass is 10.1. The molecule has 0 aromatic heterocycles. The Labute approximate surface area is 127 Å². The van der Waals surface area contributed by atoms with Crippen molar-refractivity contribution < 1.29 is 5.11 Å². The minimum Gasteiger partial charge on any atom is -0.399 e. The highest BCUT2D eigenvalue weighted by molar-refractivity contribution is 5.40. The number of anilines is 1. The summed E-state index contributed by atoms with van der Waals surface area (Å²) in [7, 11) is 0. The fourth-order valence-corrected chi connectivity index (χ4v) is 2.33. The van der Waals surface area contributed by atoms with Gasteiger partial charge in [-0.15, -0.1) is 0 Å². The highest BCUT2D eigenvalue weighted by Crippen LogP contribution is 2.15. The second-order valence-corrected chi connectivity index (χ2v) is 5.72. The summed E-state index contributed by atoms with van der Waals surface area (Å²) in [6.45, 7) is 6.27. The second kappa shape index (κ2) is 7.25. The summed E-state index contributed by atoms with van der Waals surface area (Å²) in [4.78, 5) is 2.41. The molecule has 2 aromatic rings. The lowest BCUT2D eigenvalue weighted by molar-refractivity contribution is 0.203. The van der Waals surface area contributed by atoms with Crippen LogP contribution in [-0.2, 0) is 19.7 Å². The summed E-state index contributed by atoms with van der Waals surface area (Å²) in [5, 5.41) is 9.10. The van der Waals surface area contributed by atoms with Crippen LogP contribution >= 0.6 is 0 Å². The van der Waals surface area contributed by atoms with E-state index in [0.29, 0.717) is 6.04 Å². The minimum atomic E-state index is 0.0947. The Hall–Kier alpha value is -1.84. The van der Waals surface area contributed by atoms with E-state index in [9.17, 15) is 0 Å². The predicted octanol–water partition coefficient (Wildman–Crippen LogP) is 3.17. The Morgan fingerprint density at radius 3 is 2.14 bits per heavy atom. The SMILES string of the molecule is CC(C)N(Cc1ccc(CO)cc1)Cc1cccc(N)c1. The number of aliphatic hydroxyl groups excluding tert-OH is 1. The molecule has 3 heteroatoms. The molecule has 3 N–H and O–H groups in total. The van der Waals surface area contributed by atoms with E-state index in [4.69, 9.17) is 10.8 Å². The Morgan fingerprint density at radius 1 is 0.952 bits per heavy atom. The van der Waals surface area contributed by atoms with Gasteiger partial charge in [0, 0.05) is 24.8 Å². The van der Waals surface area contributed by atoms with Crippen molar-refractivity contribution in [2.45, 2.75) is 39.6 Å². The Morgan fingerprint density at radius 2 is 1.57 bits per heavy atom. The smallest absolute Gasteiger partial charge is 0.0681 e. The van der Waals surface area contributed by atoms with Gasteiger partial charge in [0.2, 0.25) is 0 Å². The van der Waals surface area contributed by atoms with E-state index in [0.717, 1.165) is 24.3 Å². The van der Waals surface area contributed by atoms with Crippen LogP contribution in [0.1, 0.15) is 30.5 Å². The van der Waals surface area contributed by atoms with Gasteiger partial charge in [0.15, 0.2) is 0 Å². The van der Waals surface area contributed by atoms with Crippen LogP contribution in [-0.4, -0.2) is 16.0 Å². The molecule has 0 fully saturated rings. The third-order valence-corrected chi connectivity index (χ3v) is 3.66. The fraction of sp³-hybridized carbons (Fsp3) is 0.333. The van der Waals surface area contributed by atoms with Crippen molar-refractivity contribution >= 4 is 5.69 Å². The fourth-order valence-electron chi connectivity index (χ4n) is 2.33. The first kappa shape index (κ1) is 15.5. The van der Waals surface area contributed by atoms with Crippen molar-refractivity contribution in [1.29, 1.82) is 0 Å². The largest absolute Gasteiger partial charge is 0.399 e. The molecule has 112 valence electrons. The number of aliphatic hydroxyl groups is 1. The third-order valence-electron chi connectivity index (χ3n) is 3.66. The highest BCUT2D eigenvalue weighted by atomic mass is 16.3. The van der Waals surface area contributed by atoms with Gasteiger partial charge in [-0.1, -0.05) is 36.4 Å². The number of nitrogen functional groups attached to an aromatic ring is 1. The number of nitrogens with zero attached hydrogens (tertiary/aromatic N) is 1. The molecule has 0 aliphatic heterocycles. The quantitative estimate of drug-likeness (QED) is 0.801. The molecule has 0 atom stereocenters. The average molecular weight is 284 g/mol. The van der Waals surface area contributed by atoms with Gasteiger partial charge in [0.25, 0.3) is 0 Å². The molecule has 0 aliphatic carbocycles. The van der Waals surface area contributed by atoms with E-state index < -0.39 is 0 Å². The molecular weight excluding hydrogens is 260 g/mol. The number of benzene rings is 2. The van der Waals surface area contributed by atoms with Gasteiger partial charge in [-0.25, -0.2) is 0 Å². The highest BCUT2D eigenvalue weighted by Gasteiger charge is 2.11. The van der Waals surface area contributed by atoms with Crippen molar-refractivity contribution in [3.63, 3.8) is 0 Å². The normalized spacial score (nSPS) is 11.3. The molecular formula is C18H24N2O. The van der Waals surface area contributed by atoms with Crippen molar-refractivity contribution in [2.75, 3.05) is 5.73 Å². The molecule has 0 bridgehead atoms. The van der Waals surface area contributed by atoms with Crippen LogP contribution in [0, 0.1) is 0 Å². The summed E-state index contributed by atoms with van der Waals surface area (Å²) in [6.07, 6.45) is 0. The minimum absolute atomic E-state index is 0.0947. The van der Waals surface area contributed by atoms with Gasteiger partial charge in [0.05, 0.1) is 6.61 Å². The summed E-state index contributed by atoms with van der Waals surface area (Å²) in [5.74, 6) is 0. The lowest BCUT2D eigenvalue weighted by Gasteiger charge is -2.27. The molecule has 0 aliphatic rings. The van der Waals surface area contributed by atoms with Crippen LogP contribution < -0.4 is 5.73 Å². The first-order chi connectivity index (χ1) is 10.1. The lowest BCUT2D eigenvalue weighted by Crippen LogP contribution is -2.29. The standard InChI is InChI=1S/C18H24N2O/c1-14(2)20(12-17-4-3-5-18(19)10-17)11-15-6-8-16(13-21)9-7-15/h3-10,14,21H,11-13,19H2,1-2H3. The molecule has 0 radical (unpaired) electrons. The van der Waals surface area contributed by atoms with E-state index in [1.807, 2.05) is 30.3 Å². The zero-order chi connectivity index (χ0) is 15.2. The molecule has 0 unspecified atom stereocenters. The van der Waals surface area contributed by atoms with Crippen LogP contribution in [0.2, 0.25) is 0 Å². The van der Waals surface area contributed by atoms with Gasteiger partial charge in [-0.05, 0) is 42.7 Å². The van der Waals surface area contributed by atoms with Crippen molar-refractivity contribution in [3.8, 4) is 0 Å². The van der Waals surface area contributed by atoms with Crippen LogP contribution in [0.5, 0.6) is 0 Å². The van der Waals surface area contributed by atoms with Crippen LogP contribution in [0.25, 0.3) is 0 Å². The first-order valence-corrected chi connectivity index (χ1v) is 7.35. The number of hydrogen-bond acceptors (Lipinski definition) is 3. The zero-order valence-electron chi connectivity index (χ0n) is 12.8. The number of nitrogens with two attached hydrogens (primary N) is 1. The van der Waals surface area contributed by atoms with Crippen molar-refractivity contribution in [2.24, 2.45) is 0 Å². The summed E-state index contributed by atoms with van der Waals surface area (Å²) < 4.78 is 0. The van der Waals surface area contributed by atoms with Gasteiger partial charge in [-0.2, -0.15) is 0 Å². The van der Waals surface area contributed by atoms with Gasteiger partial charge in [0.1, 0.15) is 0 Å². The molecule has 2 aromatic carbocycles. The van der Waals surface area contributed by atoms with E-state index in [1.165, 1.54) is 11.1 Å². The van der Waals surface area contributed by atoms with Crippen LogP contribution in [0.4, 0.5) is 5.69 Å². The second-order valence-electron chi connectivity index (χ2n) is 5.72. The summed E-state index contributed by atoms with van der Waals surface area (Å²) >= 11 is 0. The molecule has 0 saturated heterocycles. The molecule has 0 heterocycles. The van der Waals surface area contributed by atoms with E-state index in [1.54, 1.807) is 0 Å². The van der Waals surface area contributed by atoms with E-state index >= 15 is 0 Å². The Balaban J connectivity index is 2.08. The topological polar surface area (TPSA) is 49.5 Å².